The highest BCUT2D eigenvalue weighted by Crippen LogP contribution is 2.04. The Kier molecular flexibility index (Phi) is 7.50. The van der Waals surface area contributed by atoms with Crippen molar-refractivity contribution in [3.05, 3.63) is 18.1 Å². The number of methoxy groups -OCH3 is 1. The smallest absolute Gasteiger partial charge is 0.320 e. The van der Waals surface area contributed by atoms with Crippen molar-refractivity contribution in [2.75, 3.05) is 19.0 Å². The van der Waals surface area contributed by atoms with Gasteiger partial charge in [0.25, 0.3) is 0 Å². The highest BCUT2D eigenvalue weighted by atomic mass is 16.5. The fourth-order valence-corrected chi connectivity index (χ4v) is 1.61. The Bertz CT molecular complexity index is 385. The molecule has 1 rings (SSSR count). The van der Waals surface area contributed by atoms with Crippen LogP contribution in [0.25, 0.3) is 0 Å². The van der Waals surface area contributed by atoms with E-state index in [1.54, 1.807) is 13.2 Å². The third kappa shape index (κ3) is 6.71. The lowest BCUT2D eigenvalue weighted by Gasteiger charge is -2.07. The molecule has 0 saturated carbocycles. The van der Waals surface area contributed by atoms with Gasteiger partial charge in [0.15, 0.2) is 0 Å². The molecular formula is C13H22N4O2. The number of carbonyl (C=O) groups is 1. The van der Waals surface area contributed by atoms with Crippen molar-refractivity contribution in [2.45, 2.75) is 39.2 Å². The van der Waals surface area contributed by atoms with Crippen molar-refractivity contribution in [3.8, 4) is 0 Å². The SMILES string of the molecule is CCCCCCNC(=O)Nc1cc(COC)ncn1. The molecule has 106 valence electrons. The fraction of sp³-hybridized carbons (Fsp3) is 0.615. The number of nitrogens with one attached hydrogen (secondary N) is 2. The third-order valence-corrected chi connectivity index (χ3v) is 2.57. The molecule has 0 bridgehead atoms. The molecule has 0 aliphatic rings. The number of aromatic nitrogens is 2. The zero-order chi connectivity index (χ0) is 13.9. The predicted molar refractivity (Wildman–Crippen MR) is 73.9 cm³/mol. The average molecular weight is 266 g/mol. The second-order valence-corrected chi connectivity index (χ2v) is 4.27. The maximum Gasteiger partial charge on any atom is 0.320 e. The van der Waals surface area contributed by atoms with Crippen LogP contribution < -0.4 is 10.6 Å². The molecule has 6 heteroatoms. The fourth-order valence-electron chi connectivity index (χ4n) is 1.61. The summed E-state index contributed by atoms with van der Waals surface area (Å²) in [5.74, 6) is 0.480. The summed E-state index contributed by atoms with van der Waals surface area (Å²) in [6, 6.07) is 1.46. The molecule has 0 aliphatic carbocycles. The van der Waals surface area contributed by atoms with E-state index in [2.05, 4.69) is 27.5 Å². The lowest BCUT2D eigenvalue weighted by molar-refractivity contribution is 0.181. The van der Waals surface area contributed by atoms with Crippen molar-refractivity contribution in [1.29, 1.82) is 0 Å². The van der Waals surface area contributed by atoms with Crippen LogP contribution in [0, 0.1) is 0 Å². The van der Waals surface area contributed by atoms with Crippen LogP contribution in [0.15, 0.2) is 12.4 Å². The van der Waals surface area contributed by atoms with Gasteiger partial charge in [0.2, 0.25) is 0 Å². The first-order valence-electron chi connectivity index (χ1n) is 6.61. The molecule has 0 aromatic carbocycles. The lowest BCUT2D eigenvalue weighted by Crippen LogP contribution is -2.29. The van der Waals surface area contributed by atoms with Gasteiger partial charge in [0.1, 0.15) is 12.1 Å². The van der Waals surface area contributed by atoms with E-state index in [1.165, 1.54) is 19.2 Å². The highest BCUT2D eigenvalue weighted by molar-refractivity contribution is 5.88. The molecule has 0 aliphatic heterocycles. The number of hydrogen-bond donors (Lipinski definition) is 2. The van der Waals surface area contributed by atoms with Crippen molar-refractivity contribution >= 4 is 11.8 Å². The van der Waals surface area contributed by atoms with Gasteiger partial charge in [0, 0.05) is 19.7 Å². The van der Waals surface area contributed by atoms with Crippen molar-refractivity contribution in [2.24, 2.45) is 0 Å². The van der Waals surface area contributed by atoms with Crippen LogP contribution in [0.1, 0.15) is 38.3 Å². The number of hydrogen-bond acceptors (Lipinski definition) is 4. The molecule has 6 nitrogen and oxygen atoms in total. The zero-order valence-electron chi connectivity index (χ0n) is 11.6. The molecule has 1 heterocycles. The second-order valence-electron chi connectivity index (χ2n) is 4.27. The molecule has 1 aromatic heterocycles. The maximum atomic E-state index is 11.6. The van der Waals surface area contributed by atoms with E-state index in [-0.39, 0.29) is 6.03 Å². The van der Waals surface area contributed by atoms with E-state index >= 15 is 0 Å². The summed E-state index contributed by atoms with van der Waals surface area (Å²) in [4.78, 5) is 19.6. The minimum absolute atomic E-state index is 0.237. The minimum atomic E-state index is -0.237. The number of ether oxygens (including phenoxy) is 1. The van der Waals surface area contributed by atoms with Gasteiger partial charge < -0.3 is 10.1 Å². The van der Waals surface area contributed by atoms with Gasteiger partial charge in [-0.15, -0.1) is 0 Å². The molecule has 0 fully saturated rings. The third-order valence-electron chi connectivity index (χ3n) is 2.57. The van der Waals surface area contributed by atoms with Gasteiger partial charge in [-0.1, -0.05) is 26.2 Å². The van der Waals surface area contributed by atoms with E-state index in [4.69, 9.17) is 4.74 Å². The Morgan fingerprint density at radius 1 is 1.32 bits per heavy atom. The summed E-state index contributed by atoms with van der Waals surface area (Å²) in [6.45, 7) is 3.24. The molecule has 0 saturated heterocycles. The van der Waals surface area contributed by atoms with Crippen molar-refractivity contribution in [1.82, 2.24) is 15.3 Å². The summed E-state index contributed by atoms with van der Waals surface area (Å²) in [6.07, 6.45) is 5.94. The second kappa shape index (κ2) is 9.27. The van der Waals surface area contributed by atoms with Crippen molar-refractivity contribution in [3.63, 3.8) is 0 Å². The predicted octanol–water partition coefficient (Wildman–Crippen LogP) is 2.32. The first kappa shape index (κ1) is 15.4. The van der Waals surface area contributed by atoms with Crippen LogP contribution in [0.2, 0.25) is 0 Å². The molecule has 0 unspecified atom stereocenters. The summed E-state index contributed by atoms with van der Waals surface area (Å²) in [5.41, 5.74) is 0.732. The minimum Gasteiger partial charge on any atom is -0.378 e. The van der Waals surface area contributed by atoms with Crippen LogP contribution in [-0.2, 0) is 11.3 Å². The van der Waals surface area contributed by atoms with Crippen LogP contribution in [0.4, 0.5) is 10.6 Å². The number of rotatable bonds is 8. The van der Waals surface area contributed by atoms with Gasteiger partial charge >= 0.3 is 6.03 Å². The monoisotopic (exact) mass is 266 g/mol. The summed E-state index contributed by atoms with van der Waals surface area (Å²) < 4.78 is 4.97. The first-order valence-corrected chi connectivity index (χ1v) is 6.61. The molecule has 1 aromatic rings. The Morgan fingerprint density at radius 3 is 2.89 bits per heavy atom. The zero-order valence-corrected chi connectivity index (χ0v) is 11.6. The Hall–Kier alpha value is -1.69. The highest BCUT2D eigenvalue weighted by Gasteiger charge is 2.03. The maximum absolute atomic E-state index is 11.6. The lowest BCUT2D eigenvalue weighted by atomic mass is 10.2. The largest absolute Gasteiger partial charge is 0.378 e. The van der Waals surface area contributed by atoms with Gasteiger partial charge in [-0.2, -0.15) is 0 Å². The van der Waals surface area contributed by atoms with Gasteiger partial charge in [-0.05, 0) is 6.42 Å². The van der Waals surface area contributed by atoms with Gasteiger partial charge in [-0.3, -0.25) is 5.32 Å². The standard InChI is InChI=1S/C13H22N4O2/c1-3-4-5-6-7-14-13(18)17-12-8-11(9-19-2)15-10-16-12/h8,10H,3-7,9H2,1-2H3,(H2,14,15,16,17,18). The van der Waals surface area contributed by atoms with Crippen LogP contribution >= 0.6 is 0 Å². The Morgan fingerprint density at radius 2 is 2.16 bits per heavy atom. The number of unbranched alkanes of at least 4 members (excludes halogenated alkanes) is 3. The quantitative estimate of drug-likeness (QED) is 0.708. The molecule has 0 spiro atoms. The van der Waals surface area contributed by atoms with E-state index in [0.29, 0.717) is 19.0 Å². The number of amides is 2. The van der Waals surface area contributed by atoms with E-state index in [0.717, 1.165) is 18.5 Å². The summed E-state index contributed by atoms with van der Waals surface area (Å²) in [5, 5.41) is 5.47. The number of urea groups is 1. The Labute approximate surface area is 114 Å². The van der Waals surface area contributed by atoms with Crippen LogP contribution in [0.3, 0.4) is 0 Å². The first-order chi connectivity index (χ1) is 9.26. The Balaban J connectivity index is 2.29. The summed E-state index contributed by atoms with van der Waals surface area (Å²) >= 11 is 0. The summed E-state index contributed by atoms with van der Waals surface area (Å²) in [7, 11) is 1.60. The topological polar surface area (TPSA) is 76.1 Å². The molecule has 0 atom stereocenters. The van der Waals surface area contributed by atoms with Crippen LogP contribution in [-0.4, -0.2) is 29.7 Å². The molecule has 0 radical (unpaired) electrons. The average Bonchev–Trinajstić information content (AvgIpc) is 2.39. The molecular weight excluding hydrogens is 244 g/mol. The number of carbonyl (C=O) groups excluding carboxylic acids is 1. The van der Waals surface area contributed by atoms with E-state index < -0.39 is 0 Å². The molecule has 2 N–H and O–H groups in total. The van der Waals surface area contributed by atoms with E-state index in [1.807, 2.05) is 0 Å². The molecule has 2 amide bonds. The van der Waals surface area contributed by atoms with Crippen molar-refractivity contribution < 1.29 is 9.53 Å². The van der Waals surface area contributed by atoms with Gasteiger partial charge in [0.05, 0.1) is 12.3 Å². The number of nitrogens with zero attached hydrogens (tertiary/aromatic N) is 2. The number of anilines is 1. The van der Waals surface area contributed by atoms with Gasteiger partial charge in [-0.25, -0.2) is 14.8 Å². The van der Waals surface area contributed by atoms with Crippen LogP contribution in [0.5, 0.6) is 0 Å². The van der Waals surface area contributed by atoms with E-state index in [9.17, 15) is 4.79 Å². The normalized spacial score (nSPS) is 10.2. The molecule has 19 heavy (non-hydrogen) atoms.